The molecule has 0 aliphatic rings. The lowest BCUT2D eigenvalue weighted by Crippen LogP contribution is -2.17. The first-order chi connectivity index (χ1) is 16.9. The molecule has 0 bridgehead atoms. The van der Waals surface area contributed by atoms with Crippen LogP contribution in [-0.4, -0.2) is 30.2 Å². The number of amides is 1. The number of benzene rings is 3. The molecule has 2 aromatic heterocycles. The number of halogens is 1. The third-order valence-corrected chi connectivity index (χ3v) is 5.70. The lowest BCUT2D eigenvalue weighted by Gasteiger charge is -2.12. The number of nitrogens with zero attached hydrogens (tertiary/aromatic N) is 5. The SMILES string of the molecule is Cc1cc(NC(=O)c2ccc([N+](=O)[O-])cc2)n(-c2nc3ccccc3n2Cc2cccc(Cl)c2)n1. The molecule has 0 aliphatic heterocycles. The summed E-state index contributed by atoms with van der Waals surface area (Å²) < 4.78 is 3.60. The molecule has 0 saturated carbocycles. The first-order valence-electron chi connectivity index (χ1n) is 10.7. The Morgan fingerprint density at radius 3 is 2.57 bits per heavy atom. The second kappa shape index (κ2) is 9.03. The van der Waals surface area contributed by atoms with Gasteiger partial charge in [-0.25, -0.2) is 4.98 Å². The number of nitro groups is 1. The van der Waals surface area contributed by atoms with Crippen molar-refractivity contribution in [2.75, 3.05) is 5.32 Å². The van der Waals surface area contributed by atoms with E-state index in [4.69, 9.17) is 16.6 Å². The van der Waals surface area contributed by atoms with E-state index in [0.29, 0.717) is 29.0 Å². The molecule has 35 heavy (non-hydrogen) atoms. The number of aryl methyl sites for hydroxylation is 1. The van der Waals surface area contributed by atoms with Gasteiger partial charge >= 0.3 is 0 Å². The van der Waals surface area contributed by atoms with Gasteiger partial charge in [0.2, 0.25) is 5.95 Å². The molecule has 0 aliphatic carbocycles. The predicted molar refractivity (Wildman–Crippen MR) is 133 cm³/mol. The van der Waals surface area contributed by atoms with Gasteiger partial charge in [0.25, 0.3) is 11.6 Å². The summed E-state index contributed by atoms with van der Waals surface area (Å²) in [5.74, 6) is 0.533. The fourth-order valence-corrected chi connectivity index (χ4v) is 4.08. The third kappa shape index (κ3) is 4.49. The summed E-state index contributed by atoms with van der Waals surface area (Å²) in [5.41, 5.74) is 3.56. The minimum absolute atomic E-state index is 0.0860. The molecule has 0 radical (unpaired) electrons. The molecule has 0 saturated heterocycles. The number of carbonyl (C=O) groups excluding carboxylic acids is 1. The number of anilines is 1. The molecule has 1 amide bonds. The number of non-ortho nitro benzene ring substituents is 1. The van der Waals surface area contributed by atoms with Crippen molar-refractivity contribution in [3.05, 3.63) is 111 Å². The van der Waals surface area contributed by atoms with E-state index in [9.17, 15) is 14.9 Å². The summed E-state index contributed by atoms with van der Waals surface area (Å²) >= 11 is 6.20. The molecule has 174 valence electrons. The van der Waals surface area contributed by atoms with Gasteiger partial charge in [-0.1, -0.05) is 35.9 Å². The third-order valence-electron chi connectivity index (χ3n) is 5.47. The van der Waals surface area contributed by atoms with Crippen LogP contribution < -0.4 is 5.32 Å². The molecule has 5 rings (SSSR count). The summed E-state index contributed by atoms with van der Waals surface area (Å²) in [6.07, 6.45) is 0. The highest BCUT2D eigenvalue weighted by molar-refractivity contribution is 6.30. The van der Waals surface area contributed by atoms with Gasteiger partial charge in [0.1, 0.15) is 5.82 Å². The van der Waals surface area contributed by atoms with Crippen LogP contribution in [0, 0.1) is 17.0 Å². The van der Waals surface area contributed by atoms with Crippen LogP contribution in [0.25, 0.3) is 17.0 Å². The fourth-order valence-electron chi connectivity index (χ4n) is 3.86. The van der Waals surface area contributed by atoms with Crippen LogP contribution in [-0.2, 0) is 6.54 Å². The van der Waals surface area contributed by atoms with E-state index < -0.39 is 10.8 Å². The number of para-hydroxylation sites is 2. The van der Waals surface area contributed by atoms with Crippen molar-refractivity contribution in [3.63, 3.8) is 0 Å². The van der Waals surface area contributed by atoms with Crippen LogP contribution in [0.15, 0.2) is 78.9 Å². The summed E-state index contributed by atoms with van der Waals surface area (Å²) in [6, 6.07) is 22.5. The van der Waals surface area contributed by atoms with Crippen LogP contribution in [0.5, 0.6) is 0 Å². The van der Waals surface area contributed by atoms with E-state index in [1.807, 2.05) is 60.0 Å². The number of carbonyl (C=O) groups is 1. The number of imidazole rings is 1. The van der Waals surface area contributed by atoms with Crippen molar-refractivity contribution < 1.29 is 9.72 Å². The smallest absolute Gasteiger partial charge is 0.269 e. The normalized spacial score (nSPS) is 11.0. The number of hydrogen-bond donors (Lipinski definition) is 1. The molecule has 9 nitrogen and oxygen atoms in total. The molecular weight excluding hydrogens is 468 g/mol. The molecule has 1 N–H and O–H groups in total. The first kappa shape index (κ1) is 22.3. The Labute approximate surface area is 204 Å². The highest BCUT2D eigenvalue weighted by Gasteiger charge is 2.19. The minimum Gasteiger partial charge on any atom is -0.306 e. The van der Waals surface area contributed by atoms with E-state index in [2.05, 4.69) is 10.4 Å². The van der Waals surface area contributed by atoms with Crippen molar-refractivity contribution in [2.45, 2.75) is 13.5 Å². The van der Waals surface area contributed by atoms with Gasteiger partial charge in [0.15, 0.2) is 0 Å². The van der Waals surface area contributed by atoms with Gasteiger partial charge in [-0.05, 0) is 48.9 Å². The highest BCUT2D eigenvalue weighted by atomic mass is 35.5. The Morgan fingerprint density at radius 1 is 1.06 bits per heavy atom. The topological polar surface area (TPSA) is 108 Å². The maximum Gasteiger partial charge on any atom is 0.269 e. The molecule has 5 aromatic rings. The average molecular weight is 487 g/mol. The van der Waals surface area contributed by atoms with E-state index in [1.54, 1.807) is 10.7 Å². The quantitative estimate of drug-likeness (QED) is 0.255. The van der Waals surface area contributed by atoms with Crippen molar-refractivity contribution in [1.82, 2.24) is 19.3 Å². The lowest BCUT2D eigenvalue weighted by molar-refractivity contribution is -0.384. The second-order valence-corrected chi connectivity index (χ2v) is 8.39. The number of rotatable bonds is 6. The van der Waals surface area contributed by atoms with Crippen molar-refractivity contribution in [2.24, 2.45) is 0 Å². The Balaban J connectivity index is 1.54. The van der Waals surface area contributed by atoms with E-state index in [0.717, 1.165) is 16.6 Å². The Bertz CT molecular complexity index is 1570. The number of hydrogen-bond acceptors (Lipinski definition) is 5. The van der Waals surface area contributed by atoms with Gasteiger partial charge < -0.3 is 9.88 Å². The zero-order chi connectivity index (χ0) is 24.5. The number of aromatic nitrogens is 4. The van der Waals surface area contributed by atoms with Gasteiger partial charge in [-0.15, -0.1) is 0 Å². The predicted octanol–water partition coefficient (Wildman–Crippen LogP) is 5.39. The minimum atomic E-state index is -0.509. The van der Waals surface area contributed by atoms with Gasteiger partial charge in [-0.2, -0.15) is 9.78 Å². The van der Waals surface area contributed by atoms with Gasteiger partial charge in [0.05, 0.1) is 28.2 Å². The van der Waals surface area contributed by atoms with Crippen molar-refractivity contribution in [3.8, 4) is 5.95 Å². The standard InChI is InChI=1S/C25H19ClN6O3/c1-16-13-23(28-24(33)18-9-11-20(12-10-18)32(34)35)31(29-16)25-27-21-7-2-3-8-22(21)30(25)15-17-5-4-6-19(26)14-17/h2-14H,15H2,1H3,(H,28,33). The molecule has 10 heteroatoms. The van der Waals surface area contributed by atoms with Crippen molar-refractivity contribution in [1.29, 1.82) is 0 Å². The fraction of sp³-hybridized carbons (Fsp3) is 0.0800. The zero-order valence-electron chi connectivity index (χ0n) is 18.6. The van der Waals surface area contributed by atoms with Gasteiger partial charge in [-0.3, -0.25) is 14.9 Å². The van der Waals surface area contributed by atoms with Crippen LogP contribution in [0.3, 0.4) is 0 Å². The molecule has 2 heterocycles. The van der Waals surface area contributed by atoms with E-state index in [1.165, 1.54) is 24.3 Å². The second-order valence-electron chi connectivity index (χ2n) is 7.96. The van der Waals surface area contributed by atoms with E-state index in [-0.39, 0.29) is 11.3 Å². The van der Waals surface area contributed by atoms with E-state index >= 15 is 0 Å². The molecule has 0 fully saturated rings. The average Bonchev–Trinajstić information content (AvgIpc) is 3.39. The monoisotopic (exact) mass is 486 g/mol. The van der Waals surface area contributed by atoms with Gasteiger partial charge in [0, 0.05) is 28.8 Å². The Morgan fingerprint density at radius 2 is 1.83 bits per heavy atom. The highest BCUT2D eigenvalue weighted by Crippen LogP contribution is 2.25. The Kier molecular flexibility index (Phi) is 5.76. The lowest BCUT2D eigenvalue weighted by atomic mass is 10.2. The Hall–Kier alpha value is -4.50. The first-order valence-corrected chi connectivity index (χ1v) is 11.1. The number of nitro benzene ring substituents is 1. The number of nitrogens with one attached hydrogen (secondary N) is 1. The summed E-state index contributed by atoms with van der Waals surface area (Å²) in [6.45, 7) is 2.31. The van der Waals surface area contributed by atoms with Crippen LogP contribution >= 0.6 is 11.6 Å². The van der Waals surface area contributed by atoms with Crippen LogP contribution in [0.2, 0.25) is 5.02 Å². The summed E-state index contributed by atoms with van der Waals surface area (Å²) in [4.78, 5) is 28.1. The van der Waals surface area contributed by atoms with Crippen LogP contribution in [0.1, 0.15) is 21.6 Å². The zero-order valence-corrected chi connectivity index (χ0v) is 19.3. The molecule has 0 spiro atoms. The van der Waals surface area contributed by atoms with Crippen molar-refractivity contribution >= 4 is 40.0 Å². The molecule has 3 aromatic carbocycles. The summed E-state index contributed by atoms with van der Waals surface area (Å²) in [7, 11) is 0. The maximum atomic E-state index is 12.9. The molecule has 0 atom stereocenters. The van der Waals surface area contributed by atoms with Crippen LogP contribution in [0.4, 0.5) is 11.5 Å². The largest absolute Gasteiger partial charge is 0.306 e. The molecule has 0 unspecified atom stereocenters. The molecular formula is C25H19ClN6O3. The summed E-state index contributed by atoms with van der Waals surface area (Å²) in [5, 5.41) is 19.0. The number of fused-ring (bicyclic) bond motifs is 1. The maximum absolute atomic E-state index is 12.9.